The minimum Gasteiger partial charge on any atom is -0.110 e. The van der Waals surface area contributed by atoms with Crippen molar-refractivity contribution in [1.82, 2.24) is 0 Å². The maximum Gasteiger partial charge on any atom is 0.00456 e. The predicted molar refractivity (Wildman–Crippen MR) is 52.2 cm³/mol. The van der Waals surface area contributed by atoms with Crippen LogP contribution in [0.5, 0.6) is 0 Å². The molecule has 0 aromatic rings. The van der Waals surface area contributed by atoms with E-state index in [2.05, 4.69) is 24.3 Å². The Hall–Kier alpha value is 0.340. The van der Waals surface area contributed by atoms with Gasteiger partial charge in [0.25, 0.3) is 0 Å². The summed E-state index contributed by atoms with van der Waals surface area (Å²) >= 11 is 0. The van der Waals surface area contributed by atoms with E-state index < -0.39 is 0 Å². The molecule has 0 fully saturated rings. The Balaban J connectivity index is 1.98. The molecule has 10 heavy (non-hydrogen) atoms. The molecule has 2 heteroatoms. The van der Waals surface area contributed by atoms with Crippen LogP contribution >= 0.6 is 17.2 Å². The lowest BCUT2D eigenvalue weighted by Crippen LogP contribution is -2.07. The van der Waals surface area contributed by atoms with Crippen molar-refractivity contribution in [2.45, 2.75) is 11.3 Å². The topological polar surface area (TPSA) is 0 Å². The van der Waals surface area contributed by atoms with E-state index in [0.717, 1.165) is 11.3 Å². The summed E-state index contributed by atoms with van der Waals surface area (Å²) in [7, 11) is 2.36. The molecule has 0 radical (unpaired) electrons. The summed E-state index contributed by atoms with van der Waals surface area (Å²) in [6.45, 7) is 0. The van der Waals surface area contributed by atoms with E-state index in [1.54, 1.807) is 0 Å². The molecule has 4 unspecified atom stereocenters. The molecular formula is C8H12P2. The molecule has 2 rings (SSSR count). The van der Waals surface area contributed by atoms with E-state index in [4.69, 9.17) is 0 Å². The largest absolute Gasteiger partial charge is 0.110 e. The molecular weight excluding hydrogens is 158 g/mol. The minimum absolute atomic E-state index is 0.928. The van der Waals surface area contributed by atoms with E-state index in [-0.39, 0.29) is 0 Å². The van der Waals surface area contributed by atoms with Gasteiger partial charge in [-0.05, 0) is 12.3 Å². The van der Waals surface area contributed by atoms with Gasteiger partial charge in [0.05, 0.1) is 0 Å². The molecule has 2 aliphatic rings. The van der Waals surface area contributed by atoms with Gasteiger partial charge in [-0.25, -0.2) is 0 Å². The highest BCUT2D eigenvalue weighted by Crippen LogP contribution is 2.40. The lowest BCUT2D eigenvalue weighted by atomic mass is 10.2. The Morgan fingerprint density at radius 3 is 1.70 bits per heavy atom. The Kier molecular flexibility index (Phi) is 2.22. The van der Waals surface area contributed by atoms with Gasteiger partial charge in [0, 0.05) is 11.3 Å². The van der Waals surface area contributed by atoms with Crippen LogP contribution in [0.2, 0.25) is 0 Å². The molecule has 4 atom stereocenters. The second kappa shape index (κ2) is 3.16. The lowest BCUT2D eigenvalue weighted by Gasteiger charge is -2.13. The molecule has 0 aromatic carbocycles. The van der Waals surface area contributed by atoms with Gasteiger partial charge in [0.1, 0.15) is 0 Å². The van der Waals surface area contributed by atoms with Crippen LogP contribution in [0.4, 0.5) is 0 Å². The average Bonchev–Trinajstić information content (AvgIpc) is 2.59. The normalized spacial score (nSPS) is 42.4. The molecule has 2 heterocycles. The van der Waals surface area contributed by atoms with E-state index in [1.807, 2.05) is 0 Å². The highest BCUT2D eigenvalue weighted by Gasteiger charge is 2.20. The molecule has 0 aromatic heterocycles. The number of hydrogen-bond donors (Lipinski definition) is 0. The Bertz CT molecular complexity index is 152. The van der Waals surface area contributed by atoms with Crippen LogP contribution in [-0.4, -0.2) is 23.6 Å². The summed E-state index contributed by atoms with van der Waals surface area (Å²) in [4.78, 5) is 0. The molecule has 2 aliphatic heterocycles. The summed E-state index contributed by atoms with van der Waals surface area (Å²) in [5.74, 6) is 0. The van der Waals surface area contributed by atoms with Gasteiger partial charge in [-0.15, -0.1) is 17.2 Å². The first-order chi connectivity index (χ1) is 4.97. The molecule has 0 N–H and O–H groups in total. The standard InChI is InChI=1S/C8H12P2/c1-3-7(9-5-1)8-4-2-6-10-8/h1-4,7-10H,5-6H2. The molecule has 0 bridgehead atoms. The monoisotopic (exact) mass is 170 g/mol. The van der Waals surface area contributed by atoms with Crippen molar-refractivity contribution in [1.29, 1.82) is 0 Å². The molecule has 54 valence electrons. The van der Waals surface area contributed by atoms with Crippen molar-refractivity contribution < 1.29 is 0 Å². The van der Waals surface area contributed by atoms with E-state index in [9.17, 15) is 0 Å². The van der Waals surface area contributed by atoms with Gasteiger partial charge in [0.15, 0.2) is 0 Å². The highest BCUT2D eigenvalue weighted by molar-refractivity contribution is 7.45. The first-order valence-corrected chi connectivity index (χ1v) is 6.34. The van der Waals surface area contributed by atoms with Crippen LogP contribution in [-0.2, 0) is 0 Å². The fourth-order valence-corrected chi connectivity index (χ4v) is 4.54. The summed E-state index contributed by atoms with van der Waals surface area (Å²) in [6.07, 6.45) is 12.2. The fraction of sp³-hybridized carbons (Fsp3) is 0.500. The highest BCUT2D eigenvalue weighted by atomic mass is 31.1. The maximum atomic E-state index is 2.42. The zero-order valence-corrected chi connectivity index (χ0v) is 7.88. The van der Waals surface area contributed by atoms with Crippen LogP contribution in [0.25, 0.3) is 0 Å². The molecule has 0 saturated carbocycles. The SMILES string of the molecule is C1=CC(C2C=CCP2)PC1. The molecule has 0 aliphatic carbocycles. The van der Waals surface area contributed by atoms with Gasteiger partial charge < -0.3 is 0 Å². The quantitative estimate of drug-likeness (QED) is 0.418. The third-order valence-electron chi connectivity index (χ3n) is 2.02. The number of allylic oxidation sites excluding steroid dienone is 4. The average molecular weight is 170 g/mol. The fourth-order valence-electron chi connectivity index (χ4n) is 1.47. The van der Waals surface area contributed by atoms with E-state index in [0.29, 0.717) is 0 Å². The second-order valence-electron chi connectivity index (χ2n) is 2.72. The van der Waals surface area contributed by atoms with Crippen LogP contribution in [0.3, 0.4) is 0 Å². The Labute approximate surface area is 65.7 Å². The Morgan fingerprint density at radius 1 is 0.900 bits per heavy atom. The zero-order chi connectivity index (χ0) is 6.81. The van der Waals surface area contributed by atoms with Crippen LogP contribution in [0.15, 0.2) is 24.3 Å². The van der Waals surface area contributed by atoms with Crippen molar-refractivity contribution in [2.24, 2.45) is 0 Å². The number of hydrogen-bond acceptors (Lipinski definition) is 0. The van der Waals surface area contributed by atoms with Crippen LogP contribution in [0, 0.1) is 0 Å². The summed E-state index contributed by atoms with van der Waals surface area (Å²) < 4.78 is 0. The third kappa shape index (κ3) is 1.34. The molecule has 0 spiro atoms. The third-order valence-corrected chi connectivity index (χ3v) is 5.34. The van der Waals surface area contributed by atoms with Gasteiger partial charge in [0.2, 0.25) is 0 Å². The molecule has 0 amide bonds. The van der Waals surface area contributed by atoms with Gasteiger partial charge in [-0.1, -0.05) is 24.3 Å². The predicted octanol–water partition coefficient (Wildman–Crippen LogP) is 2.22. The second-order valence-corrected chi connectivity index (χ2v) is 5.69. The zero-order valence-electron chi connectivity index (χ0n) is 5.88. The van der Waals surface area contributed by atoms with Crippen molar-refractivity contribution in [3.05, 3.63) is 24.3 Å². The summed E-state index contributed by atoms with van der Waals surface area (Å²) in [6, 6.07) is 0. The van der Waals surface area contributed by atoms with Gasteiger partial charge in [-0.2, -0.15) is 0 Å². The summed E-state index contributed by atoms with van der Waals surface area (Å²) in [5, 5.41) is 0. The van der Waals surface area contributed by atoms with Crippen molar-refractivity contribution in [3.63, 3.8) is 0 Å². The maximum absolute atomic E-state index is 2.42. The van der Waals surface area contributed by atoms with Crippen LogP contribution in [0.1, 0.15) is 0 Å². The van der Waals surface area contributed by atoms with E-state index in [1.165, 1.54) is 29.5 Å². The first kappa shape index (κ1) is 7.01. The minimum atomic E-state index is 0.928. The van der Waals surface area contributed by atoms with Crippen LogP contribution < -0.4 is 0 Å². The Morgan fingerprint density at radius 2 is 1.40 bits per heavy atom. The smallest absolute Gasteiger partial charge is 0.00456 e. The van der Waals surface area contributed by atoms with Crippen molar-refractivity contribution in [2.75, 3.05) is 12.3 Å². The van der Waals surface area contributed by atoms with Gasteiger partial charge in [-0.3, -0.25) is 0 Å². The molecule has 0 nitrogen and oxygen atoms in total. The van der Waals surface area contributed by atoms with Gasteiger partial charge >= 0.3 is 0 Å². The van der Waals surface area contributed by atoms with Crippen molar-refractivity contribution in [3.8, 4) is 0 Å². The van der Waals surface area contributed by atoms with Crippen molar-refractivity contribution >= 4 is 17.2 Å². The molecule has 0 saturated heterocycles. The van der Waals surface area contributed by atoms with E-state index >= 15 is 0 Å². The number of rotatable bonds is 1. The summed E-state index contributed by atoms with van der Waals surface area (Å²) in [5.41, 5.74) is 1.86. The lowest BCUT2D eigenvalue weighted by molar-refractivity contribution is 1.10. The first-order valence-electron chi connectivity index (χ1n) is 3.77.